The van der Waals surface area contributed by atoms with Crippen molar-refractivity contribution in [1.29, 1.82) is 0 Å². The lowest BCUT2D eigenvalue weighted by molar-refractivity contribution is -0.138. The van der Waals surface area contributed by atoms with Crippen LogP contribution in [0.1, 0.15) is 45.6 Å². The van der Waals surface area contributed by atoms with Gasteiger partial charge in [0, 0.05) is 5.92 Å². The molecule has 2 rings (SSSR count). The molecule has 0 spiro atoms. The van der Waals surface area contributed by atoms with Crippen molar-refractivity contribution in [3.63, 3.8) is 0 Å². The maximum atomic E-state index is 12.4. The number of hydrogen-bond acceptors (Lipinski definition) is 3. The van der Waals surface area contributed by atoms with Gasteiger partial charge < -0.3 is 9.16 Å². The standard InChI is InChI=1S/C21H30O3Si/c1-7-23-20(22)18-14-13-17(16-11-9-8-10-12-16)15-19(18)24-25(5,6)21(2,3)4/h8-12,14-15,17H,7,13H2,1-6H3. The summed E-state index contributed by atoms with van der Waals surface area (Å²) in [5.41, 5.74) is 1.80. The third kappa shape index (κ3) is 4.63. The van der Waals surface area contributed by atoms with E-state index in [1.165, 1.54) is 5.56 Å². The Morgan fingerprint density at radius 3 is 2.40 bits per heavy atom. The monoisotopic (exact) mass is 358 g/mol. The Labute approximate surface area is 152 Å². The second kappa shape index (κ2) is 7.61. The van der Waals surface area contributed by atoms with Gasteiger partial charge in [-0.25, -0.2) is 4.79 Å². The molecule has 1 aliphatic rings. The quantitative estimate of drug-likeness (QED) is 0.510. The fourth-order valence-electron chi connectivity index (χ4n) is 2.53. The van der Waals surface area contributed by atoms with Crippen LogP contribution in [-0.4, -0.2) is 20.9 Å². The van der Waals surface area contributed by atoms with Gasteiger partial charge in [0.1, 0.15) is 5.76 Å². The van der Waals surface area contributed by atoms with Gasteiger partial charge in [-0.2, -0.15) is 0 Å². The molecule has 25 heavy (non-hydrogen) atoms. The maximum absolute atomic E-state index is 12.4. The van der Waals surface area contributed by atoms with Gasteiger partial charge in [0.05, 0.1) is 12.2 Å². The highest BCUT2D eigenvalue weighted by Gasteiger charge is 2.41. The summed E-state index contributed by atoms with van der Waals surface area (Å²) in [6, 6.07) is 10.3. The molecule has 1 unspecified atom stereocenters. The van der Waals surface area contributed by atoms with Crippen molar-refractivity contribution in [2.24, 2.45) is 0 Å². The SMILES string of the molecule is CCOC(=O)C1=CCC(c2ccccc2)C=C1O[Si](C)(C)C(C)(C)C. The molecule has 0 aromatic heterocycles. The lowest BCUT2D eigenvalue weighted by Gasteiger charge is -2.38. The molecule has 0 bridgehead atoms. The van der Waals surface area contributed by atoms with Gasteiger partial charge in [0.25, 0.3) is 0 Å². The Kier molecular flexibility index (Phi) is 5.94. The van der Waals surface area contributed by atoms with E-state index >= 15 is 0 Å². The van der Waals surface area contributed by atoms with Crippen molar-refractivity contribution in [2.75, 3.05) is 6.61 Å². The van der Waals surface area contributed by atoms with Gasteiger partial charge in [0.2, 0.25) is 8.32 Å². The van der Waals surface area contributed by atoms with Crippen LogP contribution in [0.4, 0.5) is 0 Å². The second-order valence-electron chi connectivity index (χ2n) is 7.98. The highest BCUT2D eigenvalue weighted by atomic mass is 28.4. The molecule has 1 aromatic carbocycles. The molecule has 136 valence electrons. The predicted octanol–water partition coefficient (Wildman–Crippen LogP) is 5.57. The van der Waals surface area contributed by atoms with Crippen molar-refractivity contribution in [2.45, 2.75) is 58.2 Å². The Morgan fingerprint density at radius 1 is 1.20 bits per heavy atom. The van der Waals surface area contributed by atoms with Gasteiger partial charge in [-0.3, -0.25) is 0 Å². The van der Waals surface area contributed by atoms with Gasteiger partial charge >= 0.3 is 5.97 Å². The summed E-state index contributed by atoms with van der Waals surface area (Å²) in [4.78, 5) is 12.4. The number of benzene rings is 1. The number of ether oxygens (including phenoxy) is 1. The van der Waals surface area contributed by atoms with E-state index < -0.39 is 8.32 Å². The third-order valence-corrected chi connectivity index (χ3v) is 9.43. The molecule has 0 N–H and O–H groups in total. The van der Waals surface area contributed by atoms with E-state index in [-0.39, 0.29) is 16.9 Å². The summed E-state index contributed by atoms with van der Waals surface area (Å²) in [7, 11) is -2.05. The first-order chi connectivity index (χ1) is 11.7. The molecule has 1 aromatic rings. The summed E-state index contributed by atoms with van der Waals surface area (Å²) >= 11 is 0. The maximum Gasteiger partial charge on any atom is 0.341 e. The third-order valence-electron chi connectivity index (χ3n) is 5.09. The number of carbonyl (C=O) groups is 1. The minimum absolute atomic E-state index is 0.0628. The molecule has 0 saturated carbocycles. The van der Waals surface area contributed by atoms with Crippen LogP contribution in [0.2, 0.25) is 18.1 Å². The molecule has 0 radical (unpaired) electrons. The zero-order valence-corrected chi connectivity index (χ0v) is 17.3. The highest BCUT2D eigenvalue weighted by molar-refractivity contribution is 6.74. The highest BCUT2D eigenvalue weighted by Crippen LogP contribution is 2.41. The molecular formula is C21H30O3Si. The van der Waals surface area contributed by atoms with Crippen LogP contribution in [0, 0.1) is 0 Å². The molecule has 0 saturated heterocycles. The fraction of sp³-hybridized carbons (Fsp3) is 0.476. The molecule has 0 heterocycles. The Bertz CT molecular complexity index is 666. The first-order valence-corrected chi connectivity index (χ1v) is 11.9. The summed E-state index contributed by atoms with van der Waals surface area (Å²) in [5, 5.41) is 0.0628. The topological polar surface area (TPSA) is 35.5 Å². The number of carbonyl (C=O) groups excluding carboxylic acids is 1. The van der Waals surface area contributed by atoms with E-state index in [2.05, 4.69) is 52.1 Å². The molecule has 1 aliphatic carbocycles. The normalized spacial score (nSPS) is 18.2. The van der Waals surface area contributed by atoms with Gasteiger partial charge in [-0.1, -0.05) is 57.2 Å². The van der Waals surface area contributed by atoms with Crippen LogP contribution in [-0.2, 0) is 14.0 Å². The molecule has 3 nitrogen and oxygen atoms in total. The summed E-state index contributed by atoms with van der Waals surface area (Å²) in [5.74, 6) is 0.614. The molecule has 0 fully saturated rings. The van der Waals surface area contributed by atoms with Gasteiger partial charge in [-0.15, -0.1) is 0 Å². The van der Waals surface area contributed by atoms with Crippen molar-refractivity contribution in [1.82, 2.24) is 0 Å². The number of rotatable bonds is 5. The minimum atomic E-state index is -2.05. The second-order valence-corrected chi connectivity index (χ2v) is 12.7. The summed E-state index contributed by atoms with van der Waals surface area (Å²) in [6.07, 6.45) is 4.85. The lowest BCUT2D eigenvalue weighted by Crippen LogP contribution is -2.41. The first-order valence-electron chi connectivity index (χ1n) is 8.99. The lowest BCUT2D eigenvalue weighted by atomic mass is 9.89. The predicted molar refractivity (Wildman–Crippen MR) is 105 cm³/mol. The minimum Gasteiger partial charge on any atom is -0.543 e. The molecular weight excluding hydrogens is 328 g/mol. The molecule has 1 atom stereocenters. The van der Waals surface area contributed by atoms with Crippen LogP contribution in [0.5, 0.6) is 0 Å². The average Bonchev–Trinajstić information content (AvgIpc) is 2.54. The van der Waals surface area contributed by atoms with Crippen LogP contribution < -0.4 is 0 Å². The largest absolute Gasteiger partial charge is 0.543 e. The molecule has 4 heteroatoms. The Hall–Kier alpha value is -1.81. The van der Waals surface area contributed by atoms with Crippen LogP contribution in [0.25, 0.3) is 0 Å². The first kappa shape index (κ1) is 19.5. The number of allylic oxidation sites excluding steroid dienone is 2. The van der Waals surface area contributed by atoms with E-state index in [9.17, 15) is 4.79 Å². The van der Waals surface area contributed by atoms with E-state index in [0.29, 0.717) is 17.9 Å². The van der Waals surface area contributed by atoms with Crippen molar-refractivity contribution < 1.29 is 14.0 Å². The summed E-state index contributed by atoms with van der Waals surface area (Å²) in [6.45, 7) is 13.2. The van der Waals surface area contributed by atoms with Crippen molar-refractivity contribution in [3.8, 4) is 0 Å². The smallest absolute Gasteiger partial charge is 0.341 e. The summed E-state index contributed by atoms with van der Waals surface area (Å²) < 4.78 is 11.7. The van der Waals surface area contributed by atoms with E-state index in [0.717, 1.165) is 6.42 Å². The van der Waals surface area contributed by atoms with Crippen molar-refractivity contribution in [3.05, 3.63) is 59.4 Å². The van der Waals surface area contributed by atoms with Crippen LogP contribution in [0.15, 0.2) is 53.8 Å². The Morgan fingerprint density at radius 2 is 1.84 bits per heavy atom. The average molecular weight is 359 g/mol. The van der Waals surface area contributed by atoms with Crippen molar-refractivity contribution >= 4 is 14.3 Å². The Balaban J connectivity index is 2.36. The van der Waals surface area contributed by atoms with Gasteiger partial charge in [0.15, 0.2) is 0 Å². The number of hydrogen-bond donors (Lipinski definition) is 0. The zero-order valence-electron chi connectivity index (χ0n) is 16.3. The van der Waals surface area contributed by atoms with E-state index in [1.54, 1.807) is 0 Å². The zero-order chi connectivity index (χ0) is 18.7. The van der Waals surface area contributed by atoms with Gasteiger partial charge in [-0.05, 0) is 43.1 Å². The van der Waals surface area contributed by atoms with E-state index in [1.807, 2.05) is 31.2 Å². The molecule has 0 amide bonds. The molecule has 0 aliphatic heterocycles. The fourth-order valence-corrected chi connectivity index (χ4v) is 3.56. The number of esters is 1. The van der Waals surface area contributed by atoms with Crippen LogP contribution >= 0.6 is 0 Å². The van der Waals surface area contributed by atoms with Crippen LogP contribution in [0.3, 0.4) is 0 Å². The van der Waals surface area contributed by atoms with E-state index in [4.69, 9.17) is 9.16 Å².